The van der Waals surface area contributed by atoms with Crippen molar-refractivity contribution in [2.75, 3.05) is 0 Å². The normalized spacial score (nSPS) is 16.1. The van der Waals surface area contributed by atoms with Crippen LogP contribution in [0.5, 0.6) is 0 Å². The molecule has 1 aromatic carbocycles. The van der Waals surface area contributed by atoms with Crippen LogP contribution in [0.4, 0.5) is 0 Å². The van der Waals surface area contributed by atoms with Crippen LogP contribution in [-0.4, -0.2) is 16.9 Å². The van der Waals surface area contributed by atoms with Gasteiger partial charge in [0.25, 0.3) is 0 Å². The zero-order valence-corrected chi connectivity index (χ0v) is 8.38. The molecule has 0 saturated heterocycles. The molecule has 1 heteroatoms. The van der Waals surface area contributed by atoms with Gasteiger partial charge in [-0.2, -0.15) is 0 Å². The van der Waals surface area contributed by atoms with E-state index in [1.165, 1.54) is 30.0 Å². The Morgan fingerprint density at radius 1 is 1.09 bits per heavy atom. The number of rotatable bonds is 0. The van der Waals surface area contributed by atoms with Gasteiger partial charge in [0.2, 0.25) is 0 Å². The van der Waals surface area contributed by atoms with Gasteiger partial charge >= 0.3 is 76.2 Å². The Balaban J connectivity index is 2.49. The van der Waals surface area contributed by atoms with E-state index in [2.05, 4.69) is 35.1 Å². The van der Waals surface area contributed by atoms with Gasteiger partial charge in [-0.05, 0) is 0 Å². The molecule has 0 unspecified atom stereocenters. The molecule has 0 bridgehead atoms. The van der Waals surface area contributed by atoms with E-state index < -0.39 is 0 Å². The first-order valence-electron chi connectivity index (χ1n) is 4.17. The molecule has 0 spiro atoms. The van der Waals surface area contributed by atoms with Gasteiger partial charge in [-0.25, -0.2) is 0 Å². The second-order valence-electron chi connectivity index (χ2n) is 3.12. The summed E-state index contributed by atoms with van der Waals surface area (Å²) in [5, 5.41) is 0. The fraction of sp³-hybridized carbons (Fsp3) is 0.400. The van der Waals surface area contributed by atoms with Crippen molar-refractivity contribution in [3.63, 3.8) is 0 Å². The first-order chi connectivity index (χ1) is 5.38. The second-order valence-corrected chi connectivity index (χ2v) is 4.13. The maximum atomic E-state index is 2.68. The third-order valence-electron chi connectivity index (χ3n) is 2.37. The van der Waals surface area contributed by atoms with Gasteiger partial charge in [0.15, 0.2) is 0 Å². The van der Waals surface area contributed by atoms with Crippen molar-refractivity contribution in [2.24, 2.45) is 0 Å². The average molecular weight is 206 g/mol. The minimum absolute atomic E-state index is 1.29. The molecule has 0 amide bonds. The van der Waals surface area contributed by atoms with Crippen molar-refractivity contribution in [2.45, 2.75) is 25.7 Å². The Morgan fingerprint density at radius 3 is 2.73 bits per heavy atom. The molecule has 2 radical (unpaired) electrons. The average Bonchev–Trinajstić information content (AvgIpc) is 2.06. The SMILES string of the molecule is [As]c1cccc2c1CCCC2. The predicted octanol–water partition coefficient (Wildman–Crippen LogP) is 1.36. The topological polar surface area (TPSA) is 0 Å². The van der Waals surface area contributed by atoms with Crippen LogP contribution in [0.25, 0.3) is 0 Å². The first kappa shape index (κ1) is 7.43. The van der Waals surface area contributed by atoms with E-state index >= 15 is 0 Å². The molecule has 0 fully saturated rings. The van der Waals surface area contributed by atoms with Crippen molar-refractivity contribution in [1.29, 1.82) is 0 Å². The summed E-state index contributed by atoms with van der Waals surface area (Å²) in [6.45, 7) is 0. The van der Waals surface area contributed by atoms with E-state index in [1.54, 1.807) is 11.1 Å². The maximum absolute atomic E-state index is 2.68. The van der Waals surface area contributed by atoms with Crippen LogP contribution in [0.1, 0.15) is 24.0 Å². The quantitative estimate of drug-likeness (QED) is 0.562. The van der Waals surface area contributed by atoms with E-state index in [-0.39, 0.29) is 0 Å². The number of hydrogen-bond acceptors (Lipinski definition) is 0. The van der Waals surface area contributed by atoms with Crippen molar-refractivity contribution in [3.8, 4) is 0 Å². The molecule has 0 nitrogen and oxygen atoms in total. The zero-order valence-electron chi connectivity index (χ0n) is 6.51. The van der Waals surface area contributed by atoms with Gasteiger partial charge < -0.3 is 0 Å². The molecule has 56 valence electrons. The number of fused-ring (bicyclic) bond motifs is 1. The minimum atomic E-state index is 1.29. The summed E-state index contributed by atoms with van der Waals surface area (Å²) < 4.78 is 1.43. The molecule has 0 aromatic heterocycles. The van der Waals surface area contributed by atoms with Gasteiger partial charge in [-0.1, -0.05) is 0 Å². The molecule has 0 aliphatic heterocycles. The molecular formula is C10H11As. The molecular weight excluding hydrogens is 195 g/mol. The summed E-state index contributed by atoms with van der Waals surface area (Å²) >= 11 is 2.68. The summed E-state index contributed by atoms with van der Waals surface area (Å²) in [6.07, 6.45) is 5.34. The molecule has 1 aliphatic carbocycles. The summed E-state index contributed by atoms with van der Waals surface area (Å²) in [5.74, 6) is 0. The van der Waals surface area contributed by atoms with Crippen molar-refractivity contribution in [1.82, 2.24) is 0 Å². The number of hydrogen-bond donors (Lipinski definition) is 0. The Labute approximate surface area is 76.5 Å². The van der Waals surface area contributed by atoms with E-state index in [0.717, 1.165) is 0 Å². The fourth-order valence-corrected chi connectivity index (χ4v) is 2.48. The zero-order chi connectivity index (χ0) is 7.68. The van der Waals surface area contributed by atoms with Gasteiger partial charge in [-0.3, -0.25) is 0 Å². The second kappa shape index (κ2) is 3.03. The van der Waals surface area contributed by atoms with Gasteiger partial charge in [0, 0.05) is 0 Å². The predicted molar refractivity (Wildman–Crippen MR) is 48.5 cm³/mol. The van der Waals surface area contributed by atoms with Crippen LogP contribution < -0.4 is 4.35 Å². The Bertz CT molecular complexity index is 266. The number of benzene rings is 1. The van der Waals surface area contributed by atoms with Crippen LogP contribution in [0.15, 0.2) is 18.2 Å². The van der Waals surface area contributed by atoms with E-state index in [0.29, 0.717) is 0 Å². The van der Waals surface area contributed by atoms with E-state index in [4.69, 9.17) is 0 Å². The molecule has 0 atom stereocenters. The van der Waals surface area contributed by atoms with Crippen LogP contribution in [0, 0.1) is 0 Å². The molecule has 0 heterocycles. The van der Waals surface area contributed by atoms with Gasteiger partial charge in [0.05, 0.1) is 0 Å². The molecule has 0 N–H and O–H groups in total. The Morgan fingerprint density at radius 2 is 1.91 bits per heavy atom. The molecule has 1 aliphatic rings. The summed E-state index contributed by atoms with van der Waals surface area (Å²) in [7, 11) is 0. The summed E-state index contributed by atoms with van der Waals surface area (Å²) in [4.78, 5) is 0. The third kappa shape index (κ3) is 1.37. The van der Waals surface area contributed by atoms with Gasteiger partial charge in [0.1, 0.15) is 0 Å². The molecule has 0 saturated carbocycles. The van der Waals surface area contributed by atoms with Crippen molar-refractivity contribution >= 4 is 21.2 Å². The van der Waals surface area contributed by atoms with Crippen LogP contribution >= 0.6 is 0 Å². The van der Waals surface area contributed by atoms with Crippen LogP contribution in [0.3, 0.4) is 0 Å². The fourth-order valence-electron chi connectivity index (χ4n) is 1.76. The van der Waals surface area contributed by atoms with Gasteiger partial charge in [-0.15, -0.1) is 0 Å². The van der Waals surface area contributed by atoms with E-state index in [1.807, 2.05) is 0 Å². The molecule has 2 rings (SSSR count). The van der Waals surface area contributed by atoms with Crippen molar-refractivity contribution in [3.05, 3.63) is 29.3 Å². The standard InChI is InChI=1S/C10H11As/c11-10-7-3-5-8-4-1-2-6-9(8)10/h3,5,7H,1-2,4,6H2. The van der Waals surface area contributed by atoms with Crippen LogP contribution in [0.2, 0.25) is 0 Å². The monoisotopic (exact) mass is 206 g/mol. The first-order valence-corrected chi connectivity index (χ1v) is 5.11. The Kier molecular flexibility index (Phi) is 2.04. The number of aryl methyl sites for hydroxylation is 1. The van der Waals surface area contributed by atoms with E-state index in [9.17, 15) is 0 Å². The Hall–Kier alpha value is -0.222. The summed E-state index contributed by atoms with van der Waals surface area (Å²) in [5.41, 5.74) is 3.17. The van der Waals surface area contributed by atoms with Crippen molar-refractivity contribution < 1.29 is 0 Å². The van der Waals surface area contributed by atoms with Crippen LogP contribution in [-0.2, 0) is 12.8 Å². The molecule has 11 heavy (non-hydrogen) atoms. The third-order valence-corrected chi connectivity index (χ3v) is 3.25. The molecule has 1 aromatic rings. The summed E-state index contributed by atoms with van der Waals surface area (Å²) in [6, 6.07) is 6.63.